The van der Waals surface area contributed by atoms with E-state index in [4.69, 9.17) is 4.52 Å². The summed E-state index contributed by atoms with van der Waals surface area (Å²) in [7, 11) is 0. The van der Waals surface area contributed by atoms with Crippen LogP contribution in [0.25, 0.3) is 11.3 Å². The fourth-order valence-electron chi connectivity index (χ4n) is 4.77. The van der Waals surface area contributed by atoms with Crippen molar-refractivity contribution in [2.24, 2.45) is 5.92 Å². The van der Waals surface area contributed by atoms with Gasteiger partial charge in [0, 0.05) is 67.6 Å². The van der Waals surface area contributed by atoms with Gasteiger partial charge in [-0.05, 0) is 30.5 Å². The highest BCUT2D eigenvalue weighted by Gasteiger charge is 2.35. The second-order valence-corrected chi connectivity index (χ2v) is 8.70. The minimum absolute atomic E-state index is 0.0874. The van der Waals surface area contributed by atoms with Crippen molar-refractivity contribution >= 4 is 0 Å². The average molecular weight is 390 g/mol. The highest BCUT2D eigenvalue weighted by atomic mass is 16.5. The number of rotatable bonds is 4. The van der Waals surface area contributed by atoms with Crippen molar-refractivity contribution in [1.82, 2.24) is 19.6 Å². The van der Waals surface area contributed by atoms with E-state index >= 15 is 0 Å². The Morgan fingerprint density at radius 1 is 1.17 bits per heavy atom. The lowest BCUT2D eigenvalue weighted by Crippen LogP contribution is -2.46. The zero-order valence-corrected chi connectivity index (χ0v) is 16.9. The molecule has 3 aromatic heterocycles. The molecule has 0 amide bonds. The van der Waals surface area contributed by atoms with Crippen molar-refractivity contribution in [2.75, 3.05) is 13.1 Å². The summed E-state index contributed by atoms with van der Waals surface area (Å²) in [6.07, 6.45) is 2.91. The molecule has 3 aromatic rings. The molecule has 2 atom stereocenters. The number of nitrogens with zero attached hydrogens (tertiary/aromatic N) is 4. The minimum atomic E-state index is 0.0874. The number of hydrogen-bond donors (Lipinski definition) is 0. The largest absolute Gasteiger partial charge is 0.361 e. The van der Waals surface area contributed by atoms with Gasteiger partial charge in [0.1, 0.15) is 5.76 Å². The Labute approximate surface area is 170 Å². The number of fused-ring (bicyclic) bond motifs is 4. The van der Waals surface area contributed by atoms with Crippen molar-refractivity contribution in [1.29, 1.82) is 0 Å². The molecule has 1 fully saturated rings. The van der Waals surface area contributed by atoms with Crippen LogP contribution in [0.1, 0.15) is 49.3 Å². The summed E-state index contributed by atoms with van der Waals surface area (Å²) < 4.78 is 7.45. The zero-order chi connectivity index (χ0) is 20.0. The molecule has 0 unspecified atom stereocenters. The van der Waals surface area contributed by atoms with E-state index in [-0.39, 0.29) is 5.56 Å². The third-order valence-electron chi connectivity index (χ3n) is 6.12. The van der Waals surface area contributed by atoms with E-state index in [2.05, 4.69) is 41.0 Å². The van der Waals surface area contributed by atoms with Crippen LogP contribution in [0.2, 0.25) is 0 Å². The third kappa shape index (κ3) is 3.53. The van der Waals surface area contributed by atoms with Crippen LogP contribution >= 0.6 is 0 Å². The first-order chi connectivity index (χ1) is 14.1. The molecule has 6 heteroatoms. The molecule has 2 aliphatic heterocycles. The van der Waals surface area contributed by atoms with E-state index in [1.165, 1.54) is 0 Å². The van der Waals surface area contributed by atoms with Crippen molar-refractivity contribution < 1.29 is 4.52 Å². The molecular weight excluding hydrogens is 364 g/mol. The number of pyridine rings is 2. The fourth-order valence-corrected chi connectivity index (χ4v) is 4.77. The fraction of sp³-hybridized carbons (Fsp3) is 0.435. The highest BCUT2D eigenvalue weighted by molar-refractivity contribution is 5.59. The number of aromatic nitrogens is 3. The van der Waals surface area contributed by atoms with Gasteiger partial charge in [-0.25, -0.2) is 0 Å². The van der Waals surface area contributed by atoms with Crippen LogP contribution in [0.15, 0.2) is 51.9 Å². The summed E-state index contributed by atoms with van der Waals surface area (Å²) in [5.41, 5.74) is 3.99. The maximum absolute atomic E-state index is 12.8. The molecule has 0 aromatic carbocycles. The predicted molar refractivity (Wildman–Crippen MR) is 111 cm³/mol. The normalized spacial score (nSPS) is 21.3. The van der Waals surface area contributed by atoms with E-state index in [0.717, 1.165) is 61.0 Å². The van der Waals surface area contributed by atoms with Gasteiger partial charge in [0.2, 0.25) is 0 Å². The Hall–Kier alpha value is -2.73. The van der Waals surface area contributed by atoms with E-state index in [9.17, 15) is 4.79 Å². The van der Waals surface area contributed by atoms with Crippen LogP contribution in [-0.2, 0) is 13.1 Å². The van der Waals surface area contributed by atoms with Crippen molar-refractivity contribution in [3.05, 3.63) is 70.1 Å². The van der Waals surface area contributed by atoms with Crippen LogP contribution in [0, 0.1) is 5.92 Å². The van der Waals surface area contributed by atoms with Gasteiger partial charge in [-0.2, -0.15) is 0 Å². The summed E-state index contributed by atoms with van der Waals surface area (Å²) in [4.78, 5) is 19.7. The molecule has 0 radical (unpaired) electrons. The first kappa shape index (κ1) is 18.3. The van der Waals surface area contributed by atoms with Gasteiger partial charge >= 0.3 is 0 Å². The molecule has 2 aliphatic rings. The second-order valence-electron chi connectivity index (χ2n) is 8.70. The van der Waals surface area contributed by atoms with Gasteiger partial charge in [-0.3, -0.25) is 14.7 Å². The summed E-state index contributed by atoms with van der Waals surface area (Å²) in [5.74, 6) is 2.14. The molecule has 0 N–H and O–H groups in total. The molecule has 5 heterocycles. The quantitative estimate of drug-likeness (QED) is 0.681. The van der Waals surface area contributed by atoms with Crippen molar-refractivity contribution in [2.45, 2.75) is 45.2 Å². The van der Waals surface area contributed by atoms with Gasteiger partial charge in [0.25, 0.3) is 5.56 Å². The lowest BCUT2D eigenvalue weighted by molar-refractivity contribution is 0.112. The molecular formula is C23H26N4O2. The van der Waals surface area contributed by atoms with E-state index in [0.29, 0.717) is 17.8 Å². The van der Waals surface area contributed by atoms with Gasteiger partial charge < -0.3 is 9.09 Å². The summed E-state index contributed by atoms with van der Waals surface area (Å²) in [6.45, 7) is 7.75. The van der Waals surface area contributed by atoms with Crippen molar-refractivity contribution in [3.8, 4) is 11.3 Å². The third-order valence-corrected chi connectivity index (χ3v) is 6.12. The predicted octanol–water partition coefficient (Wildman–Crippen LogP) is 3.64. The van der Waals surface area contributed by atoms with E-state index in [1.54, 1.807) is 12.3 Å². The number of likely N-dealkylation sites (tertiary alicyclic amines) is 1. The lowest BCUT2D eigenvalue weighted by Gasteiger charge is -2.42. The van der Waals surface area contributed by atoms with Gasteiger partial charge in [0.15, 0.2) is 0 Å². The maximum Gasteiger partial charge on any atom is 0.251 e. The molecule has 29 heavy (non-hydrogen) atoms. The highest BCUT2D eigenvalue weighted by Crippen LogP contribution is 2.36. The zero-order valence-electron chi connectivity index (χ0n) is 16.9. The number of hydrogen-bond acceptors (Lipinski definition) is 5. The topological polar surface area (TPSA) is 64.2 Å². The van der Waals surface area contributed by atoms with Crippen LogP contribution < -0.4 is 5.56 Å². The Balaban J connectivity index is 1.41. The Kier molecular flexibility index (Phi) is 4.59. The molecule has 150 valence electrons. The van der Waals surface area contributed by atoms with Gasteiger partial charge in [-0.1, -0.05) is 25.1 Å². The molecule has 0 aliphatic carbocycles. The molecule has 5 rings (SSSR count). The first-order valence-electron chi connectivity index (χ1n) is 10.4. The van der Waals surface area contributed by atoms with Crippen LogP contribution in [0.5, 0.6) is 0 Å². The molecule has 6 nitrogen and oxygen atoms in total. The van der Waals surface area contributed by atoms with Crippen molar-refractivity contribution in [3.63, 3.8) is 0 Å². The molecule has 2 bridgehead atoms. The lowest BCUT2D eigenvalue weighted by atomic mass is 9.82. The molecule has 1 saturated heterocycles. The first-order valence-corrected chi connectivity index (χ1v) is 10.4. The monoisotopic (exact) mass is 390 g/mol. The standard InChI is InChI=1S/C23H26N4O2/c1-15(2)22-10-19(25-29-22)14-26-11-16-7-18(13-26)21-8-17(9-23(28)27(21)12-16)20-5-3-4-6-24-20/h3-6,8-10,15-16,18H,7,11-14H2,1-2H3/t16-,18+/m0/s1. The molecule has 0 spiro atoms. The van der Waals surface area contributed by atoms with E-state index in [1.807, 2.05) is 22.8 Å². The van der Waals surface area contributed by atoms with Crippen LogP contribution in [0.4, 0.5) is 0 Å². The Morgan fingerprint density at radius 3 is 2.83 bits per heavy atom. The number of piperidine rings is 1. The maximum atomic E-state index is 12.8. The summed E-state index contributed by atoms with van der Waals surface area (Å²) >= 11 is 0. The van der Waals surface area contributed by atoms with Crippen LogP contribution in [0.3, 0.4) is 0 Å². The average Bonchev–Trinajstić information content (AvgIpc) is 3.18. The molecule has 0 saturated carbocycles. The summed E-state index contributed by atoms with van der Waals surface area (Å²) in [6, 6.07) is 11.8. The minimum Gasteiger partial charge on any atom is -0.361 e. The Morgan fingerprint density at radius 2 is 2.07 bits per heavy atom. The Bertz CT molecular complexity index is 1070. The smallest absolute Gasteiger partial charge is 0.251 e. The second kappa shape index (κ2) is 7.26. The van der Waals surface area contributed by atoms with Crippen LogP contribution in [-0.4, -0.2) is 32.7 Å². The van der Waals surface area contributed by atoms with Gasteiger partial charge in [0.05, 0.1) is 11.4 Å². The summed E-state index contributed by atoms with van der Waals surface area (Å²) in [5, 5.41) is 4.26. The SMILES string of the molecule is CC(C)c1cc(CN2C[C@@H]3C[C@H](C2)c2cc(-c4ccccn4)cc(=O)n2C3)no1. The van der Waals surface area contributed by atoms with Gasteiger partial charge in [-0.15, -0.1) is 0 Å². The van der Waals surface area contributed by atoms with E-state index < -0.39 is 0 Å².